The predicted octanol–water partition coefficient (Wildman–Crippen LogP) is 4.04. The maximum Gasteiger partial charge on any atom is 0.270 e. The lowest BCUT2D eigenvalue weighted by atomic mass is 10.2. The van der Waals surface area contributed by atoms with E-state index >= 15 is 0 Å². The largest absolute Gasteiger partial charge is 0.463 e. The normalized spacial score (nSPS) is 11.2. The molecule has 3 aromatic rings. The van der Waals surface area contributed by atoms with Crippen molar-refractivity contribution in [2.75, 3.05) is 13.1 Å². The molecule has 6 heteroatoms. The van der Waals surface area contributed by atoms with Crippen molar-refractivity contribution in [3.05, 3.63) is 59.5 Å². The molecule has 4 nitrogen and oxygen atoms in total. The van der Waals surface area contributed by atoms with Crippen molar-refractivity contribution in [2.24, 2.45) is 0 Å². The van der Waals surface area contributed by atoms with Crippen LogP contribution in [-0.4, -0.2) is 28.5 Å². The molecular weight excluding hydrogens is 314 g/mol. The van der Waals surface area contributed by atoms with Crippen molar-refractivity contribution >= 4 is 17.0 Å². The number of aromatic nitrogens is 1. The van der Waals surface area contributed by atoms with E-state index < -0.39 is 11.6 Å². The predicted molar refractivity (Wildman–Crippen MR) is 86.9 cm³/mol. The Morgan fingerprint density at radius 2 is 1.92 bits per heavy atom. The fourth-order valence-corrected chi connectivity index (χ4v) is 2.82. The molecule has 0 aliphatic heterocycles. The number of carbonyl (C=O) groups is 1. The molecule has 0 N–H and O–H groups in total. The van der Waals surface area contributed by atoms with E-state index in [1.807, 2.05) is 13.8 Å². The number of carbonyl (C=O) groups excluding carboxylic acids is 1. The molecule has 0 atom stereocenters. The van der Waals surface area contributed by atoms with Crippen LogP contribution in [0.2, 0.25) is 0 Å². The lowest BCUT2D eigenvalue weighted by molar-refractivity contribution is 0.0763. The van der Waals surface area contributed by atoms with Gasteiger partial charge in [0.05, 0.1) is 18.3 Å². The number of fused-ring (bicyclic) bond motifs is 1. The van der Waals surface area contributed by atoms with Gasteiger partial charge < -0.3 is 13.9 Å². The van der Waals surface area contributed by atoms with Gasteiger partial charge in [0.25, 0.3) is 5.91 Å². The molecule has 1 aromatic carbocycles. The number of hydrogen-bond acceptors (Lipinski definition) is 2. The second-order valence-corrected chi connectivity index (χ2v) is 5.50. The van der Waals surface area contributed by atoms with Gasteiger partial charge in [-0.3, -0.25) is 4.79 Å². The summed E-state index contributed by atoms with van der Waals surface area (Å²) in [4.78, 5) is 14.4. The Bertz CT molecular complexity index is 878. The van der Waals surface area contributed by atoms with Crippen LogP contribution in [0, 0.1) is 11.6 Å². The van der Waals surface area contributed by atoms with Gasteiger partial charge in [0.1, 0.15) is 17.3 Å². The first-order valence-electron chi connectivity index (χ1n) is 7.85. The Balaban J connectivity index is 2.06. The van der Waals surface area contributed by atoms with Gasteiger partial charge in [0.15, 0.2) is 5.58 Å². The minimum absolute atomic E-state index is 0.123. The average Bonchev–Trinajstić information content (AvgIpc) is 3.13. The number of nitrogens with zero attached hydrogens (tertiary/aromatic N) is 2. The van der Waals surface area contributed by atoms with E-state index in [0.717, 1.165) is 6.07 Å². The van der Waals surface area contributed by atoms with Gasteiger partial charge in [-0.25, -0.2) is 8.78 Å². The first-order chi connectivity index (χ1) is 11.5. The molecule has 0 fully saturated rings. The van der Waals surface area contributed by atoms with Crippen LogP contribution in [-0.2, 0) is 6.54 Å². The molecule has 0 bridgehead atoms. The van der Waals surface area contributed by atoms with Crippen LogP contribution in [0.1, 0.15) is 29.9 Å². The fraction of sp³-hybridized carbons (Fsp3) is 0.278. The van der Waals surface area contributed by atoms with Crippen LogP contribution >= 0.6 is 0 Å². The first-order valence-corrected chi connectivity index (χ1v) is 7.85. The molecule has 0 saturated carbocycles. The summed E-state index contributed by atoms with van der Waals surface area (Å²) in [7, 11) is 0. The summed E-state index contributed by atoms with van der Waals surface area (Å²) in [6.45, 7) is 5.08. The van der Waals surface area contributed by atoms with E-state index in [1.54, 1.807) is 21.6 Å². The van der Waals surface area contributed by atoms with E-state index in [4.69, 9.17) is 4.42 Å². The zero-order valence-corrected chi connectivity index (χ0v) is 13.6. The molecule has 0 radical (unpaired) electrons. The van der Waals surface area contributed by atoms with E-state index in [9.17, 15) is 13.6 Å². The minimum atomic E-state index is -0.637. The molecule has 0 unspecified atom stereocenters. The highest BCUT2D eigenvalue weighted by molar-refractivity contribution is 5.97. The van der Waals surface area contributed by atoms with E-state index in [2.05, 4.69) is 0 Å². The highest BCUT2D eigenvalue weighted by Gasteiger charge is 2.21. The Labute approximate surface area is 138 Å². The summed E-state index contributed by atoms with van der Waals surface area (Å²) in [6, 6.07) is 6.84. The van der Waals surface area contributed by atoms with E-state index in [1.165, 1.54) is 18.4 Å². The summed E-state index contributed by atoms with van der Waals surface area (Å²) in [5, 5.41) is 0. The van der Waals surface area contributed by atoms with Crippen LogP contribution in [0.3, 0.4) is 0 Å². The molecule has 0 saturated heterocycles. The van der Waals surface area contributed by atoms with Crippen molar-refractivity contribution in [1.82, 2.24) is 9.47 Å². The van der Waals surface area contributed by atoms with E-state index in [-0.39, 0.29) is 12.5 Å². The molecule has 3 rings (SSSR count). The van der Waals surface area contributed by atoms with Crippen LogP contribution < -0.4 is 0 Å². The second-order valence-electron chi connectivity index (χ2n) is 5.50. The number of rotatable bonds is 5. The molecule has 126 valence electrons. The van der Waals surface area contributed by atoms with Gasteiger partial charge in [-0.05, 0) is 19.9 Å². The third kappa shape index (κ3) is 2.79. The number of amides is 1. The maximum atomic E-state index is 14.0. The fourth-order valence-electron chi connectivity index (χ4n) is 2.82. The third-order valence-electron chi connectivity index (χ3n) is 4.14. The van der Waals surface area contributed by atoms with Crippen LogP contribution in [0.4, 0.5) is 8.78 Å². The second kappa shape index (κ2) is 6.47. The van der Waals surface area contributed by atoms with Gasteiger partial charge in [-0.1, -0.05) is 6.07 Å². The lowest BCUT2D eigenvalue weighted by Crippen LogP contribution is -2.32. The summed E-state index contributed by atoms with van der Waals surface area (Å²) >= 11 is 0. The van der Waals surface area contributed by atoms with Crippen molar-refractivity contribution in [3.8, 4) is 0 Å². The molecular formula is C18H18F2N2O2. The number of halogens is 2. The lowest BCUT2D eigenvalue weighted by Gasteiger charge is -2.20. The smallest absolute Gasteiger partial charge is 0.270 e. The van der Waals surface area contributed by atoms with Crippen molar-refractivity contribution in [3.63, 3.8) is 0 Å². The zero-order chi connectivity index (χ0) is 17.3. The Hall–Kier alpha value is -2.63. The monoisotopic (exact) mass is 332 g/mol. The SMILES string of the molecule is CCN(CC)C(=O)c1cc2occc2n1Cc1ccc(F)cc1F. The number of benzene rings is 1. The molecule has 1 amide bonds. The third-order valence-corrected chi connectivity index (χ3v) is 4.14. The zero-order valence-electron chi connectivity index (χ0n) is 13.6. The van der Waals surface area contributed by atoms with Crippen molar-refractivity contribution in [1.29, 1.82) is 0 Å². The summed E-state index contributed by atoms with van der Waals surface area (Å²) in [5.41, 5.74) is 2.00. The maximum absolute atomic E-state index is 14.0. The molecule has 0 spiro atoms. The van der Waals surface area contributed by atoms with Crippen LogP contribution in [0.15, 0.2) is 41.0 Å². The minimum Gasteiger partial charge on any atom is -0.463 e. The molecule has 0 aliphatic carbocycles. The van der Waals surface area contributed by atoms with Gasteiger partial charge >= 0.3 is 0 Å². The van der Waals surface area contributed by atoms with E-state index in [0.29, 0.717) is 35.4 Å². The summed E-state index contributed by atoms with van der Waals surface area (Å²) in [5.74, 6) is -1.41. The Kier molecular flexibility index (Phi) is 4.38. The van der Waals surface area contributed by atoms with Gasteiger partial charge in [0, 0.05) is 36.9 Å². The molecule has 2 aromatic heterocycles. The van der Waals surface area contributed by atoms with Crippen LogP contribution in [0.25, 0.3) is 11.1 Å². The highest BCUT2D eigenvalue weighted by Crippen LogP contribution is 2.24. The first kappa shape index (κ1) is 16.2. The summed E-state index contributed by atoms with van der Waals surface area (Å²) < 4.78 is 34.2. The molecule has 2 heterocycles. The summed E-state index contributed by atoms with van der Waals surface area (Å²) in [6.07, 6.45) is 1.52. The highest BCUT2D eigenvalue weighted by atomic mass is 19.1. The Morgan fingerprint density at radius 1 is 1.17 bits per heavy atom. The van der Waals surface area contributed by atoms with Crippen LogP contribution in [0.5, 0.6) is 0 Å². The quantitative estimate of drug-likeness (QED) is 0.707. The number of hydrogen-bond donors (Lipinski definition) is 0. The standard InChI is InChI=1S/C18H18F2N2O2/c1-3-21(4-2)18(23)16-10-17-15(7-8-24-17)22(16)11-12-5-6-13(19)9-14(12)20/h5-10H,3-4,11H2,1-2H3. The topological polar surface area (TPSA) is 38.4 Å². The van der Waals surface area contributed by atoms with Gasteiger partial charge in [0.2, 0.25) is 0 Å². The molecule has 24 heavy (non-hydrogen) atoms. The van der Waals surface area contributed by atoms with Crippen molar-refractivity contribution in [2.45, 2.75) is 20.4 Å². The average molecular weight is 332 g/mol. The Morgan fingerprint density at radius 3 is 2.58 bits per heavy atom. The number of furan rings is 1. The molecule has 0 aliphatic rings. The van der Waals surface area contributed by atoms with Crippen molar-refractivity contribution < 1.29 is 18.0 Å². The van der Waals surface area contributed by atoms with Gasteiger partial charge in [-0.2, -0.15) is 0 Å². The van der Waals surface area contributed by atoms with Gasteiger partial charge in [-0.15, -0.1) is 0 Å².